The molecule has 4 unspecified atom stereocenters. The van der Waals surface area contributed by atoms with E-state index in [-0.39, 0.29) is 0 Å². The van der Waals surface area contributed by atoms with E-state index in [0.29, 0.717) is 0 Å². The van der Waals surface area contributed by atoms with Crippen molar-refractivity contribution in [2.24, 2.45) is 23.7 Å². The minimum Gasteiger partial charge on any atom is -0.0993 e. The first-order valence-electron chi connectivity index (χ1n) is 7.55. The fourth-order valence-electron chi connectivity index (χ4n) is 4.79. The van der Waals surface area contributed by atoms with E-state index >= 15 is 0 Å². The van der Waals surface area contributed by atoms with E-state index in [4.69, 9.17) is 0 Å². The molecule has 0 heteroatoms. The minimum atomic E-state index is 0.918. The lowest BCUT2D eigenvalue weighted by atomic mass is 9.70. The molecular formula is C16H26. The predicted molar refractivity (Wildman–Crippen MR) is 69.3 cm³/mol. The summed E-state index contributed by atoms with van der Waals surface area (Å²) in [6, 6.07) is 0. The molecule has 0 aromatic rings. The molecule has 3 saturated carbocycles. The van der Waals surface area contributed by atoms with Crippen molar-refractivity contribution in [3.8, 4) is 0 Å². The van der Waals surface area contributed by atoms with E-state index < -0.39 is 0 Å². The lowest BCUT2D eigenvalue weighted by Crippen LogP contribution is -2.24. The Morgan fingerprint density at radius 1 is 0.625 bits per heavy atom. The molecule has 0 saturated heterocycles. The van der Waals surface area contributed by atoms with Crippen LogP contribution in [0.4, 0.5) is 0 Å². The molecule has 3 aliphatic rings. The third kappa shape index (κ3) is 1.85. The largest absolute Gasteiger partial charge is 0.0993 e. The molecule has 0 aliphatic heterocycles. The van der Waals surface area contributed by atoms with Gasteiger partial charge >= 0.3 is 0 Å². The molecule has 0 bridgehead atoms. The number of hydrogen-bond donors (Lipinski definition) is 0. The number of rotatable bonds is 0. The fourth-order valence-corrected chi connectivity index (χ4v) is 4.79. The van der Waals surface area contributed by atoms with Gasteiger partial charge in [-0.1, -0.05) is 37.8 Å². The molecule has 90 valence electrons. The van der Waals surface area contributed by atoms with Gasteiger partial charge in [-0.05, 0) is 62.2 Å². The highest BCUT2D eigenvalue weighted by molar-refractivity contribution is 5.13. The Labute approximate surface area is 101 Å². The van der Waals surface area contributed by atoms with Crippen LogP contribution in [0.2, 0.25) is 0 Å². The average molecular weight is 218 g/mol. The maximum atomic E-state index is 4.54. The van der Waals surface area contributed by atoms with Crippen LogP contribution in [0.15, 0.2) is 12.2 Å². The summed E-state index contributed by atoms with van der Waals surface area (Å²) >= 11 is 0. The van der Waals surface area contributed by atoms with Gasteiger partial charge in [-0.15, -0.1) is 0 Å². The van der Waals surface area contributed by atoms with Gasteiger partial charge in [0, 0.05) is 0 Å². The molecule has 0 amide bonds. The summed E-state index contributed by atoms with van der Waals surface area (Å²) in [4.78, 5) is 0. The molecule has 0 nitrogen and oxygen atoms in total. The summed E-state index contributed by atoms with van der Waals surface area (Å²) in [6.45, 7) is 4.54. The Balaban J connectivity index is 1.80. The molecule has 0 N–H and O–H groups in total. The van der Waals surface area contributed by atoms with Gasteiger partial charge in [0.2, 0.25) is 0 Å². The van der Waals surface area contributed by atoms with Crippen molar-refractivity contribution in [2.75, 3.05) is 0 Å². The van der Waals surface area contributed by atoms with Gasteiger partial charge in [-0.3, -0.25) is 0 Å². The minimum absolute atomic E-state index is 0.918. The molecule has 0 radical (unpaired) electrons. The normalized spacial score (nSPS) is 44.4. The third-order valence-corrected chi connectivity index (χ3v) is 5.68. The van der Waals surface area contributed by atoms with Crippen LogP contribution in [0.3, 0.4) is 0 Å². The highest BCUT2D eigenvalue weighted by Gasteiger charge is 2.38. The third-order valence-electron chi connectivity index (χ3n) is 5.68. The van der Waals surface area contributed by atoms with Crippen LogP contribution in [0, 0.1) is 23.7 Å². The van der Waals surface area contributed by atoms with Crippen LogP contribution in [0.1, 0.15) is 64.2 Å². The van der Waals surface area contributed by atoms with E-state index in [1.807, 2.05) is 0 Å². The van der Waals surface area contributed by atoms with E-state index in [1.54, 1.807) is 5.57 Å². The van der Waals surface area contributed by atoms with Crippen molar-refractivity contribution in [1.29, 1.82) is 0 Å². The zero-order chi connectivity index (χ0) is 11.0. The van der Waals surface area contributed by atoms with Crippen molar-refractivity contribution in [3.05, 3.63) is 12.2 Å². The second-order valence-electron chi connectivity index (χ2n) is 6.45. The van der Waals surface area contributed by atoms with Gasteiger partial charge in [0.25, 0.3) is 0 Å². The first-order chi connectivity index (χ1) is 7.86. The Bertz CT molecular complexity index is 239. The molecule has 16 heavy (non-hydrogen) atoms. The quantitative estimate of drug-likeness (QED) is 0.505. The topological polar surface area (TPSA) is 0 Å². The van der Waals surface area contributed by atoms with Gasteiger partial charge in [0.1, 0.15) is 0 Å². The molecule has 0 aromatic heterocycles. The zero-order valence-electron chi connectivity index (χ0n) is 10.6. The van der Waals surface area contributed by atoms with Gasteiger partial charge in [-0.2, -0.15) is 0 Å². The second-order valence-corrected chi connectivity index (χ2v) is 6.45. The summed E-state index contributed by atoms with van der Waals surface area (Å²) in [5.41, 5.74) is 1.69. The molecule has 0 spiro atoms. The summed E-state index contributed by atoms with van der Waals surface area (Å²) in [7, 11) is 0. The fraction of sp³-hybridized carbons (Fsp3) is 0.875. The molecule has 3 aliphatic carbocycles. The smallest absolute Gasteiger partial charge is 0.0175 e. The summed E-state index contributed by atoms with van der Waals surface area (Å²) in [5, 5.41) is 0. The van der Waals surface area contributed by atoms with Crippen LogP contribution < -0.4 is 0 Å². The van der Waals surface area contributed by atoms with Crippen LogP contribution in [-0.2, 0) is 0 Å². The Kier molecular flexibility index (Phi) is 3.09. The van der Waals surface area contributed by atoms with Crippen LogP contribution in [0.5, 0.6) is 0 Å². The highest BCUT2D eigenvalue weighted by Crippen LogP contribution is 2.49. The Hall–Kier alpha value is -0.260. The zero-order valence-corrected chi connectivity index (χ0v) is 10.6. The van der Waals surface area contributed by atoms with Crippen LogP contribution in [0.25, 0.3) is 0 Å². The number of allylic oxidation sites excluding steroid dienone is 1. The SMILES string of the molecule is C=C1C2CCCCC2CCC2CCCCC12. The molecule has 4 atom stereocenters. The van der Waals surface area contributed by atoms with Crippen molar-refractivity contribution in [2.45, 2.75) is 64.2 Å². The van der Waals surface area contributed by atoms with Crippen LogP contribution in [-0.4, -0.2) is 0 Å². The lowest BCUT2D eigenvalue weighted by molar-refractivity contribution is 0.255. The molecule has 0 aromatic carbocycles. The first kappa shape index (κ1) is 10.9. The molecule has 3 rings (SSSR count). The first-order valence-corrected chi connectivity index (χ1v) is 7.55. The van der Waals surface area contributed by atoms with E-state index in [9.17, 15) is 0 Å². The standard InChI is InChI=1S/C16H26/c1-12-15-8-4-2-6-13(15)10-11-14-7-3-5-9-16(12)14/h13-16H,1-11H2. The average Bonchev–Trinajstić information content (AvgIpc) is 2.49. The van der Waals surface area contributed by atoms with E-state index in [1.165, 1.54) is 64.2 Å². The summed E-state index contributed by atoms with van der Waals surface area (Å²) < 4.78 is 0. The number of hydrogen-bond acceptors (Lipinski definition) is 0. The Morgan fingerprint density at radius 2 is 1.06 bits per heavy atom. The molecule has 3 fully saturated rings. The van der Waals surface area contributed by atoms with Crippen molar-refractivity contribution >= 4 is 0 Å². The van der Waals surface area contributed by atoms with Crippen molar-refractivity contribution in [3.63, 3.8) is 0 Å². The summed E-state index contributed by atoms with van der Waals surface area (Å²) in [5.74, 6) is 3.88. The summed E-state index contributed by atoms with van der Waals surface area (Å²) in [6.07, 6.45) is 14.9. The van der Waals surface area contributed by atoms with Crippen LogP contribution >= 0.6 is 0 Å². The van der Waals surface area contributed by atoms with Crippen molar-refractivity contribution < 1.29 is 0 Å². The van der Waals surface area contributed by atoms with Gasteiger partial charge in [-0.25, -0.2) is 0 Å². The lowest BCUT2D eigenvalue weighted by Gasteiger charge is -2.36. The second kappa shape index (κ2) is 4.55. The molecule has 0 heterocycles. The Morgan fingerprint density at radius 3 is 1.56 bits per heavy atom. The molecular weight excluding hydrogens is 192 g/mol. The maximum absolute atomic E-state index is 4.54. The maximum Gasteiger partial charge on any atom is -0.0175 e. The number of fused-ring (bicyclic) bond motifs is 2. The predicted octanol–water partition coefficient (Wildman–Crippen LogP) is 4.95. The van der Waals surface area contributed by atoms with Gasteiger partial charge < -0.3 is 0 Å². The monoisotopic (exact) mass is 218 g/mol. The van der Waals surface area contributed by atoms with E-state index in [0.717, 1.165) is 23.7 Å². The van der Waals surface area contributed by atoms with Gasteiger partial charge in [0.15, 0.2) is 0 Å². The highest BCUT2D eigenvalue weighted by atomic mass is 14.4. The van der Waals surface area contributed by atoms with Gasteiger partial charge in [0.05, 0.1) is 0 Å². The van der Waals surface area contributed by atoms with Crippen molar-refractivity contribution in [1.82, 2.24) is 0 Å². The van der Waals surface area contributed by atoms with E-state index in [2.05, 4.69) is 6.58 Å².